The second-order valence-electron chi connectivity index (χ2n) is 8.39. The molecule has 0 unspecified atom stereocenters. The van der Waals surface area contributed by atoms with Gasteiger partial charge in [0.2, 0.25) is 0 Å². The van der Waals surface area contributed by atoms with Crippen LogP contribution in [0.3, 0.4) is 0 Å². The van der Waals surface area contributed by atoms with E-state index in [1.807, 2.05) is 26.0 Å². The Kier molecular flexibility index (Phi) is 6.66. The summed E-state index contributed by atoms with van der Waals surface area (Å²) in [7, 11) is 0. The Morgan fingerprint density at radius 2 is 1.23 bits per heavy atom. The molecule has 0 radical (unpaired) electrons. The minimum absolute atomic E-state index is 0.420. The van der Waals surface area contributed by atoms with E-state index in [4.69, 9.17) is 9.98 Å². The molecule has 0 bridgehead atoms. The number of nitrogens with zero attached hydrogens (tertiary/aromatic N) is 3. The lowest BCUT2D eigenvalue weighted by atomic mass is 10.0. The molecule has 1 N–H and O–H groups in total. The lowest BCUT2D eigenvalue weighted by Gasteiger charge is -2.10. The lowest BCUT2D eigenvalue weighted by Crippen LogP contribution is -2.01. The monoisotopic (exact) mass is 400 g/mol. The van der Waals surface area contributed by atoms with Gasteiger partial charge in [-0.1, -0.05) is 64.1 Å². The molecule has 0 atom stereocenters. The van der Waals surface area contributed by atoms with Crippen LogP contribution in [-0.2, 0) is 0 Å². The maximum absolute atomic E-state index is 4.91. The average molecular weight is 401 g/mol. The molecule has 30 heavy (non-hydrogen) atoms. The molecule has 1 heterocycles. The van der Waals surface area contributed by atoms with Crippen molar-refractivity contribution < 1.29 is 0 Å². The summed E-state index contributed by atoms with van der Waals surface area (Å²) in [6.07, 6.45) is 0. The van der Waals surface area contributed by atoms with Crippen molar-refractivity contribution in [1.29, 1.82) is 0 Å². The highest BCUT2D eigenvalue weighted by atomic mass is 15.1. The number of aromatic amines is 1. The van der Waals surface area contributed by atoms with Crippen LogP contribution in [0.1, 0.15) is 81.5 Å². The van der Waals surface area contributed by atoms with Gasteiger partial charge in [-0.3, -0.25) is 15.1 Å². The molecule has 4 heteroatoms. The number of aromatic nitrogens is 2. The third-order valence-electron chi connectivity index (χ3n) is 5.41. The molecule has 0 amide bonds. The quantitative estimate of drug-likeness (QED) is 0.435. The van der Waals surface area contributed by atoms with E-state index >= 15 is 0 Å². The first-order chi connectivity index (χ1) is 14.3. The van der Waals surface area contributed by atoms with E-state index in [2.05, 4.69) is 81.2 Å². The Labute approximate surface area is 180 Å². The zero-order valence-corrected chi connectivity index (χ0v) is 19.1. The summed E-state index contributed by atoms with van der Waals surface area (Å²) >= 11 is 0. The van der Waals surface area contributed by atoms with Crippen molar-refractivity contribution in [2.75, 3.05) is 0 Å². The van der Waals surface area contributed by atoms with Gasteiger partial charge >= 0.3 is 0 Å². The molecule has 156 valence electrons. The van der Waals surface area contributed by atoms with Crippen LogP contribution >= 0.6 is 0 Å². The first kappa shape index (κ1) is 21.7. The number of para-hydroxylation sites is 2. The van der Waals surface area contributed by atoms with E-state index in [1.54, 1.807) is 0 Å². The Hall–Kier alpha value is -3.01. The summed E-state index contributed by atoms with van der Waals surface area (Å²) in [5.74, 6) is 0.843. The fourth-order valence-electron chi connectivity index (χ4n) is 3.73. The molecule has 0 aliphatic carbocycles. The van der Waals surface area contributed by atoms with Crippen molar-refractivity contribution in [2.45, 2.75) is 60.3 Å². The number of hydrogen-bond acceptors (Lipinski definition) is 3. The van der Waals surface area contributed by atoms with E-state index in [-0.39, 0.29) is 0 Å². The second-order valence-corrected chi connectivity index (χ2v) is 8.39. The molecule has 3 rings (SSSR count). The van der Waals surface area contributed by atoms with Crippen LogP contribution < -0.4 is 0 Å². The highest BCUT2D eigenvalue weighted by Crippen LogP contribution is 2.29. The van der Waals surface area contributed by atoms with E-state index in [1.165, 1.54) is 11.1 Å². The number of rotatable bonds is 6. The molecule has 0 saturated carbocycles. The highest BCUT2D eigenvalue weighted by Gasteiger charge is 2.15. The largest absolute Gasteiger partial charge is 0.276 e. The topological polar surface area (TPSA) is 53.4 Å². The van der Waals surface area contributed by atoms with Crippen LogP contribution in [0.5, 0.6) is 0 Å². The Morgan fingerprint density at radius 3 is 1.73 bits per heavy atom. The van der Waals surface area contributed by atoms with Gasteiger partial charge in [-0.2, -0.15) is 5.10 Å². The Balaban J connectivity index is 1.97. The van der Waals surface area contributed by atoms with Crippen molar-refractivity contribution >= 4 is 22.8 Å². The molecule has 1 aromatic heterocycles. The fourth-order valence-corrected chi connectivity index (χ4v) is 3.73. The van der Waals surface area contributed by atoms with Gasteiger partial charge in [-0.25, -0.2) is 0 Å². The number of H-pyrrole nitrogens is 1. The maximum atomic E-state index is 4.91. The first-order valence-corrected chi connectivity index (χ1v) is 10.6. The van der Waals surface area contributed by atoms with Crippen LogP contribution in [0.2, 0.25) is 0 Å². The summed E-state index contributed by atoms with van der Waals surface area (Å²) in [4.78, 5) is 9.81. The van der Waals surface area contributed by atoms with Gasteiger partial charge in [0, 0.05) is 5.56 Å². The summed E-state index contributed by atoms with van der Waals surface area (Å²) in [6, 6.07) is 16.6. The number of hydrogen-bond donors (Lipinski definition) is 1. The van der Waals surface area contributed by atoms with E-state index in [0.29, 0.717) is 11.8 Å². The average Bonchev–Trinajstić information content (AvgIpc) is 3.10. The third kappa shape index (κ3) is 4.59. The van der Waals surface area contributed by atoms with E-state index < -0.39 is 0 Å². The van der Waals surface area contributed by atoms with Crippen molar-refractivity contribution in [1.82, 2.24) is 10.2 Å². The summed E-state index contributed by atoms with van der Waals surface area (Å²) in [6.45, 7) is 14.9. The molecule has 2 aromatic carbocycles. The minimum Gasteiger partial charge on any atom is -0.276 e. The predicted molar refractivity (Wildman–Crippen MR) is 128 cm³/mol. The third-order valence-corrected chi connectivity index (χ3v) is 5.41. The molecule has 3 aromatic rings. The summed E-state index contributed by atoms with van der Waals surface area (Å²) in [5, 5.41) is 7.76. The molecule has 0 aliphatic heterocycles. The Morgan fingerprint density at radius 1 is 0.767 bits per heavy atom. The number of benzene rings is 2. The molecule has 0 aliphatic rings. The summed E-state index contributed by atoms with van der Waals surface area (Å²) < 4.78 is 0. The molecule has 0 saturated heterocycles. The van der Waals surface area contributed by atoms with Crippen molar-refractivity contribution in [2.24, 2.45) is 9.98 Å². The van der Waals surface area contributed by atoms with Crippen LogP contribution in [0, 0.1) is 6.92 Å². The number of aliphatic imine (C=N–C) groups is 2. The molecule has 0 spiro atoms. The molecular formula is C26H32N4. The van der Waals surface area contributed by atoms with Crippen molar-refractivity contribution in [3.8, 4) is 0 Å². The van der Waals surface area contributed by atoms with Gasteiger partial charge in [-0.15, -0.1) is 0 Å². The maximum Gasteiger partial charge on any atom is 0.110 e. The zero-order chi connectivity index (χ0) is 21.8. The van der Waals surface area contributed by atoms with Crippen molar-refractivity contribution in [3.05, 3.63) is 76.6 Å². The first-order valence-electron chi connectivity index (χ1n) is 10.6. The highest BCUT2D eigenvalue weighted by molar-refractivity contribution is 6.05. The number of nitrogens with one attached hydrogen (secondary N) is 1. The van der Waals surface area contributed by atoms with Gasteiger partial charge in [0.1, 0.15) is 5.69 Å². The summed E-state index contributed by atoms with van der Waals surface area (Å²) in [5.41, 5.74) is 9.24. The second kappa shape index (κ2) is 9.21. The zero-order valence-electron chi connectivity index (χ0n) is 19.1. The van der Waals surface area contributed by atoms with Crippen LogP contribution in [0.4, 0.5) is 11.4 Å². The van der Waals surface area contributed by atoms with Gasteiger partial charge in [0.15, 0.2) is 0 Å². The Bertz CT molecular complexity index is 999. The van der Waals surface area contributed by atoms with E-state index in [9.17, 15) is 0 Å². The van der Waals surface area contributed by atoms with Crippen LogP contribution in [0.15, 0.2) is 58.5 Å². The standard InChI is InChI=1S/C26H32N4/c1-16(2)21-12-8-10-14-23(21)27-19(6)25-18(5)26(30-29-25)20(7)28-24-15-11-9-13-22(24)17(3)4/h8-17H,1-7H3,(H,29,30). The van der Waals surface area contributed by atoms with Gasteiger partial charge in [0.25, 0.3) is 0 Å². The smallest absolute Gasteiger partial charge is 0.110 e. The van der Waals surface area contributed by atoms with Gasteiger partial charge in [0.05, 0.1) is 28.5 Å². The molecule has 4 nitrogen and oxygen atoms in total. The van der Waals surface area contributed by atoms with Gasteiger partial charge in [-0.05, 0) is 55.9 Å². The van der Waals surface area contributed by atoms with Crippen LogP contribution in [0.25, 0.3) is 0 Å². The van der Waals surface area contributed by atoms with Gasteiger partial charge < -0.3 is 0 Å². The predicted octanol–water partition coefficient (Wildman–Crippen LogP) is 7.25. The normalized spacial score (nSPS) is 12.8. The molecular weight excluding hydrogens is 368 g/mol. The van der Waals surface area contributed by atoms with E-state index in [0.717, 1.165) is 39.7 Å². The lowest BCUT2D eigenvalue weighted by molar-refractivity contribution is 0.866. The van der Waals surface area contributed by atoms with Crippen LogP contribution in [-0.4, -0.2) is 21.6 Å². The van der Waals surface area contributed by atoms with Crippen molar-refractivity contribution in [3.63, 3.8) is 0 Å². The minimum atomic E-state index is 0.420. The molecule has 0 fully saturated rings. The fraction of sp³-hybridized carbons (Fsp3) is 0.346. The SMILES string of the molecule is CC(=Nc1ccccc1C(C)C)c1n[nH]c(C(C)=Nc2ccccc2C(C)C)c1C.